The topological polar surface area (TPSA) is 77.5 Å². The molecule has 0 spiro atoms. The molecule has 12 heavy (non-hydrogen) atoms. The summed E-state index contributed by atoms with van der Waals surface area (Å²) < 4.78 is 25.9. The zero-order valence-corrected chi connectivity index (χ0v) is 7.46. The molecular formula is C6H10O5S. The molecule has 0 aliphatic carbocycles. The molecule has 0 fully saturated rings. The summed E-state index contributed by atoms with van der Waals surface area (Å²) in [6.07, 6.45) is 0.0965. The molecule has 0 heterocycles. The summed E-state index contributed by atoms with van der Waals surface area (Å²) in [5.41, 5.74) is 0. The van der Waals surface area contributed by atoms with Gasteiger partial charge in [-0.1, -0.05) is 0 Å². The molecule has 0 saturated carbocycles. The van der Waals surface area contributed by atoms with Crippen LogP contribution in [0.1, 0.15) is 6.42 Å². The number of carbonyl (C=O) groups is 2. The van der Waals surface area contributed by atoms with Gasteiger partial charge in [-0.3, -0.25) is 4.79 Å². The highest BCUT2D eigenvalue weighted by Gasteiger charge is 2.12. The molecule has 0 amide bonds. The van der Waals surface area contributed by atoms with Crippen molar-refractivity contribution in [2.75, 3.05) is 18.6 Å². The van der Waals surface area contributed by atoms with Crippen LogP contribution in [-0.2, 0) is 24.2 Å². The normalized spacial score (nSPS) is 10.8. The highest BCUT2D eigenvalue weighted by atomic mass is 32.2. The maximum absolute atomic E-state index is 10.8. The van der Waals surface area contributed by atoms with Crippen LogP contribution < -0.4 is 0 Å². The summed E-state index contributed by atoms with van der Waals surface area (Å²) in [6, 6.07) is 0. The Morgan fingerprint density at radius 3 is 2.50 bits per heavy atom. The Morgan fingerprint density at radius 1 is 1.50 bits per heavy atom. The van der Waals surface area contributed by atoms with E-state index in [-0.39, 0.29) is 12.2 Å². The number of carbonyl (C=O) groups excluding carboxylic acids is 2. The molecule has 0 radical (unpaired) electrons. The number of methoxy groups -OCH3 is 1. The van der Waals surface area contributed by atoms with Gasteiger partial charge in [-0.2, -0.15) is 0 Å². The lowest BCUT2D eigenvalue weighted by Crippen LogP contribution is -2.15. The molecule has 0 saturated heterocycles. The van der Waals surface area contributed by atoms with Gasteiger partial charge in [0, 0.05) is 0 Å². The van der Waals surface area contributed by atoms with E-state index in [1.165, 1.54) is 7.11 Å². The largest absolute Gasteiger partial charge is 0.469 e. The third kappa shape index (κ3) is 4.84. The Kier molecular flexibility index (Phi) is 4.50. The van der Waals surface area contributed by atoms with E-state index in [2.05, 4.69) is 4.74 Å². The minimum atomic E-state index is -3.41. The van der Waals surface area contributed by atoms with Crippen LogP contribution >= 0.6 is 0 Å². The standard InChI is InChI=1S/C6H10O5S/c1-11-6(8)2-4-12(9,10)5-3-7/h3H,2,4-5H2,1H3. The summed E-state index contributed by atoms with van der Waals surface area (Å²) in [4.78, 5) is 20.3. The number of sulfone groups is 1. The third-order valence-electron chi connectivity index (χ3n) is 1.17. The Bertz CT molecular complexity index is 253. The number of aldehydes is 1. The Hall–Kier alpha value is -0.910. The van der Waals surface area contributed by atoms with Gasteiger partial charge in [-0.25, -0.2) is 8.42 Å². The predicted molar refractivity (Wildman–Crippen MR) is 41.4 cm³/mol. The molecule has 70 valence electrons. The Morgan fingerprint density at radius 2 is 2.08 bits per heavy atom. The summed E-state index contributed by atoms with van der Waals surface area (Å²) in [7, 11) is -2.23. The first-order valence-electron chi connectivity index (χ1n) is 3.22. The highest BCUT2D eigenvalue weighted by Crippen LogP contribution is 1.93. The number of hydrogen-bond donors (Lipinski definition) is 0. The van der Waals surface area contributed by atoms with E-state index >= 15 is 0 Å². The molecule has 0 unspecified atom stereocenters. The van der Waals surface area contributed by atoms with Crippen LogP contribution in [0.15, 0.2) is 0 Å². The van der Waals surface area contributed by atoms with E-state index < -0.39 is 21.6 Å². The van der Waals surface area contributed by atoms with E-state index in [0.717, 1.165) is 0 Å². The molecule has 6 heteroatoms. The fourth-order valence-corrected chi connectivity index (χ4v) is 1.38. The summed E-state index contributed by atoms with van der Waals surface area (Å²) in [6.45, 7) is 0. The number of rotatable bonds is 5. The van der Waals surface area contributed by atoms with Crippen LogP contribution in [0.4, 0.5) is 0 Å². The van der Waals surface area contributed by atoms with Crippen LogP contribution in [0, 0.1) is 0 Å². The SMILES string of the molecule is COC(=O)CCS(=O)(=O)CC=O. The van der Waals surface area contributed by atoms with Crippen molar-refractivity contribution in [3.8, 4) is 0 Å². The lowest BCUT2D eigenvalue weighted by molar-refractivity contribution is -0.140. The van der Waals surface area contributed by atoms with E-state index in [0.29, 0.717) is 6.29 Å². The van der Waals surface area contributed by atoms with Crippen molar-refractivity contribution in [3.05, 3.63) is 0 Å². The van der Waals surface area contributed by atoms with Crippen molar-refractivity contribution < 1.29 is 22.7 Å². The first-order chi connectivity index (χ1) is 5.52. The van der Waals surface area contributed by atoms with Crippen molar-refractivity contribution in [1.82, 2.24) is 0 Å². The average Bonchev–Trinajstić information content (AvgIpc) is 2.00. The van der Waals surface area contributed by atoms with Crippen LogP contribution in [-0.4, -0.2) is 39.3 Å². The van der Waals surface area contributed by atoms with Gasteiger partial charge in [-0.05, 0) is 0 Å². The summed E-state index contributed by atoms with van der Waals surface area (Å²) in [5.74, 6) is -1.47. The molecule has 0 aliphatic heterocycles. The van der Waals surface area contributed by atoms with Crippen LogP contribution in [0.5, 0.6) is 0 Å². The van der Waals surface area contributed by atoms with Gasteiger partial charge in [0.05, 0.1) is 19.3 Å². The van der Waals surface area contributed by atoms with E-state index in [1.807, 2.05) is 0 Å². The molecular weight excluding hydrogens is 184 g/mol. The second kappa shape index (κ2) is 4.87. The average molecular weight is 194 g/mol. The fourth-order valence-electron chi connectivity index (χ4n) is 0.528. The summed E-state index contributed by atoms with van der Waals surface area (Å²) in [5, 5.41) is 0. The van der Waals surface area contributed by atoms with E-state index in [9.17, 15) is 18.0 Å². The monoisotopic (exact) mass is 194 g/mol. The number of ether oxygens (including phenoxy) is 1. The van der Waals surface area contributed by atoms with Gasteiger partial charge < -0.3 is 9.53 Å². The number of esters is 1. The van der Waals surface area contributed by atoms with Gasteiger partial charge in [0.15, 0.2) is 9.84 Å². The van der Waals surface area contributed by atoms with Gasteiger partial charge in [-0.15, -0.1) is 0 Å². The van der Waals surface area contributed by atoms with Crippen LogP contribution in [0.2, 0.25) is 0 Å². The molecule has 0 atom stereocenters. The minimum Gasteiger partial charge on any atom is -0.469 e. The molecule has 5 nitrogen and oxygen atoms in total. The molecule has 0 aromatic carbocycles. The molecule has 0 aromatic heterocycles. The third-order valence-corrected chi connectivity index (χ3v) is 2.64. The zero-order chi connectivity index (χ0) is 9.61. The molecule has 0 bridgehead atoms. The van der Waals surface area contributed by atoms with Crippen molar-refractivity contribution in [2.24, 2.45) is 0 Å². The first kappa shape index (κ1) is 11.1. The molecule has 0 aliphatic rings. The molecule has 0 N–H and O–H groups in total. The van der Waals surface area contributed by atoms with Crippen molar-refractivity contribution in [2.45, 2.75) is 6.42 Å². The Balaban J connectivity index is 3.92. The number of hydrogen-bond acceptors (Lipinski definition) is 5. The maximum Gasteiger partial charge on any atom is 0.306 e. The van der Waals surface area contributed by atoms with Gasteiger partial charge in [0.2, 0.25) is 0 Å². The first-order valence-corrected chi connectivity index (χ1v) is 5.05. The summed E-state index contributed by atoms with van der Waals surface area (Å²) >= 11 is 0. The zero-order valence-electron chi connectivity index (χ0n) is 6.65. The second-order valence-electron chi connectivity index (χ2n) is 2.11. The quantitative estimate of drug-likeness (QED) is 0.421. The van der Waals surface area contributed by atoms with Gasteiger partial charge in [0.25, 0.3) is 0 Å². The second-order valence-corrected chi connectivity index (χ2v) is 4.34. The van der Waals surface area contributed by atoms with Crippen LogP contribution in [0.25, 0.3) is 0 Å². The smallest absolute Gasteiger partial charge is 0.306 e. The molecule has 0 aromatic rings. The predicted octanol–water partition coefficient (Wildman–Crippen LogP) is -0.837. The van der Waals surface area contributed by atoms with Crippen LogP contribution in [0.3, 0.4) is 0 Å². The Labute approximate surface area is 70.6 Å². The van der Waals surface area contributed by atoms with E-state index in [4.69, 9.17) is 0 Å². The van der Waals surface area contributed by atoms with Gasteiger partial charge >= 0.3 is 5.97 Å². The molecule has 0 rings (SSSR count). The lowest BCUT2D eigenvalue weighted by atomic mass is 10.5. The highest BCUT2D eigenvalue weighted by molar-refractivity contribution is 7.92. The minimum absolute atomic E-state index is 0.202. The fraction of sp³-hybridized carbons (Fsp3) is 0.667. The lowest BCUT2D eigenvalue weighted by Gasteiger charge is -1.98. The van der Waals surface area contributed by atoms with Crippen molar-refractivity contribution in [3.63, 3.8) is 0 Å². The van der Waals surface area contributed by atoms with Crippen molar-refractivity contribution >= 4 is 22.1 Å². The van der Waals surface area contributed by atoms with Crippen molar-refractivity contribution in [1.29, 1.82) is 0 Å². The van der Waals surface area contributed by atoms with Gasteiger partial charge in [0.1, 0.15) is 12.0 Å². The van der Waals surface area contributed by atoms with E-state index in [1.54, 1.807) is 0 Å². The maximum atomic E-state index is 10.8.